The van der Waals surface area contributed by atoms with Gasteiger partial charge in [-0.25, -0.2) is 0 Å². The summed E-state index contributed by atoms with van der Waals surface area (Å²) in [4.78, 5) is 33.5. The lowest BCUT2D eigenvalue weighted by molar-refractivity contribution is -0.385. The van der Waals surface area contributed by atoms with Gasteiger partial charge in [0.1, 0.15) is 12.1 Å². The minimum absolute atomic E-state index is 0.108. The Kier molecular flexibility index (Phi) is 3.98. The predicted molar refractivity (Wildman–Crippen MR) is 62.4 cm³/mol. The van der Waals surface area contributed by atoms with Gasteiger partial charge >= 0.3 is 5.97 Å². The van der Waals surface area contributed by atoms with E-state index in [1.807, 2.05) is 0 Å². The van der Waals surface area contributed by atoms with Crippen molar-refractivity contribution in [2.24, 2.45) is 0 Å². The summed E-state index contributed by atoms with van der Waals surface area (Å²) in [6.45, 7) is 1.18. The van der Waals surface area contributed by atoms with E-state index in [1.165, 1.54) is 25.2 Å². The van der Waals surface area contributed by atoms with E-state index in [2.05, 4.69) is 0 Å². The number of carboxylic acids is 1. The van der Waals surface area contributed by atoms with E-state index in [-0.39, 0.29) is 11.3 Å². The van der Waals surface area contributed by atoms with Gasteiger partial charge in [-0.3, -0.25) is 19.7 Å². The number of likely N-dealkylation sites (N-methyl/N-ethyl adjacent to an activating group) is 1. The molecule has 0 aliphatic carbocycles. The van der Waals surface area contributed by atoms with Crippen molar-refractivity contribution < 1.29 is 19.6 Å². The van der Waals surface area contributed by atoms with Gasteiger partial charge in [0.05, 0.1) is 4.92 Å². The van der Waals surface area contributed by atoms with Crippen molar-refractivity contribution in [3.8, 4) is 0 Å². The van der Waals surface area contributed by atoms with Gasteiger partial charge in [0.2, 0.25) is 0 Å². The first-order chi connectivity index (χ1) is 8.32. The van der Waals surface area contributed by atoms with Gasteiger partial charge < -0.3 is 10.0 Å². The molecular formula is C11H12N2O5. The molecule has 0 atom stereocenters. The Bertz CT molecular complexity index is 512. The van der Waals surface area contributed by atoms with Gasteiger partial charge in [0.15, 0.2) is 0 Å². The van der Waals surface area contributed by atoms with Crippen LogP contribution in [0.5, 0.6) is 0 Å². The van der Waals surface area contributed by atoms with Gasteiger partial charge in [-0.2, -0.15) is 0 Å². The van der Waals surface area contributed by atoms with Crippen molar-refractivity contribution >= 4 is 17.6 Å². The van der Waals surface area contributed by atoms with Gasteiger partial charge in [-0.1, -0.05) is 6.07 Å². The Morgan fingerprint density at radius 1 is 1.44 bits per heavy atom. The summed E-state index contributed by atoms with van der Waals surface area (Å²) in [5, 5.41) is 19.4. The highest BCUT2D eigenvalue weighted by Gasteiger charge is 2.23. The van der Waals surface area contributed by atoms with Crippen LogP contribution < -0.4 is 0 Å². The number of nitro benzene ring substituents is 1. The van der Waals surface area contributed by atoms with E-state index in [1.54, 1.807) is 6.92 Å². The maximum atomic E-state index is 11.9. The molecule has 0 heterocycles. The number of aryl methyl sites for hydroxylation is 1. The Hall–Kier alpha value is -2.44. The SMILES string of the molecule is Cc1ccc([N+](=O)[O-])c(C(=O)N(C)CC(=O)O)c1. The second kappa shape index (κ2) is 5.26. The molecule has 0 bridgehead atoms. The van der Waals surface area contributed by atoms with Crippen LogP contribution in [0.4, 0.5) is 5.69 Å². The Morgan fingerprint density at radius 3 is 2.56 bits per heavy atom. The molecule has 18 heavy (non-hydrogen) atoms. The maximum absolute atomic E-state index is 11.9. The number of nitrogens with zero attached hydrogens (tertiary/aromatic N) is 2. The Morgan fingerprint density at radius 2 is 2.06 bits per heavy atom. The highest BCUT2D eigenvalue weighted by molar-refractivity contribution is 5.99. The van der Waals surface area contributed by atoms with Crippen molar-refractivity contribution in [3.05, 3.63) is 39.4 Å². The van der Waals surface area contributed by atoms with Crippen LogP contribution in [0.3, 0.4) is 0 Å². The Balaban J connectivity index is 3.15. The van der Waals surface area contributed by atoms with E-state index in [9.17, 15) is 19.7 Å². The lowest BCUT2D eigenvalue weighted by Gasteiger charge is -2.14. The fourth-order valence-corrected chi connectivity index (χ4v) is 1.46. The third-order valence-electron chi connectivity index (χ3n) is 2.30. The van der Waals surface area contributed by atoms with Crippen molar-refractivity contribution in [3.63, 3.8) is 0 Å². The van der Waals surface area contributed by atoms with Gasteiger partial charge in [0.25, 0.3) is 11.6 Å². The quantitative estimate of drug-likeness (QED) is 0.637. The lowest BCUT2D eigenvalue weighted by Crippen LogP contribution is -2.32. The van der Waals surface area contributed by atoms with Crippen LogP contribution in [0.2, 0.25) is 0 Å². The average molecular weight is 252 g/mol. The third kappa shape index (κ3) is 3.03. The van der Waals surface area contributed by atoms with Crippen LogP contribution in [0.15, 0.2) is 18.2 Å². The molecule has 7 heteroatoms. The summed E-state index contributed by atoms with van der Waals surface area (Å²) >= 11 is 0. The second-order valence-electron chi connectivity index (χ2n) is 3.83. The molecule has 1 amide bonds. The molecule has 1 aromatic carbocycles. The molecule has 0 unspecified atom stereocenters. The number of hydrogen-bond donors (Lipinski definition) is 1. The standard InChI is InChI=1S/C11H12N2O5/c1-7-3-4-9(13(17)18)8(5-7)11(16)12(2)6-10(14)15/h3-5H,6H2,1-2H3,(H,14,15). The van der Waals surface area contributed by atoms with Crippen molar-refractivity contribution in [2.75, 3.05) is 13.6 Å². The van der Waals surface area contributed by atoms with E-state index in [4.69, 9.17) is 5.11 Å². The summed E-state index contributed by atoms with van der Waals surface area (Å²) < 4.78 is 0. The number of aliphatic carboxylic acids is 1. The largest absolute Gasteiger partial charge is 0.480 e. The molecule has 0 aromatic heterocycles. The summed E-state index contributed by atoms with van der Waals surface area (Å²) in [7, 11) is 1.28. The molecule has 0 aliphatic heterocycles. The molecule has 0 aliphatic rings. The van der Waals surface area contributed by atoms with E-state index in [0.717, 1.165) is 4.90 Å². The molecule has 0 saturated heterocycles. The first-order valence-corrected chi connectivity index (χ1v) is 5.05. The maximum Gasteiger partial charge on any atom is 0.323 e. The number of carbonyl (C=O) groups is 2. The minimum Gasteiger partial charge on any atom is -0.480 e. The zero-order valence-corrected chi connectivity index (χ0v) is 9.91. The summed E-state index contributed by atoms with van der Waals surface area (Å²) in [5.41, 5.74) is 0.249. The third-order valence-corrected chi connectivity index (χ3v) is 2.30. The van der Waals surface area contributed by atoms with Crippen LogP contribution in [0.25, 0.3) is 0 Å². The molecule has 0 saturated carbocycles. The number of carboxylic acid groups (broad SMARTS) is 1. The zero-order valence-electron chi connectivity index (χ0n) is 9.91. The van der Waals surface area contributed by atoms with Crippen LogP contribution >= 0.6 is 0 Å². The molecule has 1 N–H and O–H groups in total. The number of nitro groups is 1. The normalized spacial score (nSPS) is 9.89. The number of amides is 1. The monoisotopic (exact) mass is 252 g/mol. The van der Waals surface area contributed by atoms with Crippen LogP contribution in [-0.4, -0.2) is 40.4 Å². The fourth-order valence-electron chi connectivity index (χ4n) is 1.46. The van der Waals surface area contributed by atoms with Crippen LogP contribution in [-0.2, 0) is 4.79 Å². The van der Waals surface area contributed by atoms with Gasteiger partial charge in [0, 0.05) is 13.1 Å². The van der Waals surface area contributed by atoms with Gasteiger partial charge in [-0.05, 0) is 18.6 Å². The molecule has 0 radical (unpaired) electrons. The summed E-state index contributed by atoms with van der Waals surface area (Å²) in [6, 6.07) is 4.13. The molecule has 0 spiro atoms. The first kappa shape index (κ1) is 13.6. The smallest absolute Gasteiger partial charge is 0.323 e. The van der Waals surface area contributed by atoms with Crippen molar-refractivity contribution in [1.82, 2.24) is 4.90 Å². The number of rotatable bonds is 4. The molecular weight excluding hydrogens is 240 g/mol. The molecule has 0 fully saturated rings. The highest BCUT2D eigenvalue weighted by atomic mass is 16.6. The summed E-state index contributed by atoms with van der Waals surface area (Å²) in [6.07, 6.45) is 0. The van der Waals surface area contributed by atoms with E-state index in [0.29, 0.717) is 5.56 Å². The fraction of sp³-hybridized carbons (Fsp3) is 0.273. The molecule has 96 valence electrons. The number of carbonyl (C=O) groups excluding carboxylic acids is 1. The van der Waals surface area contributed by atoms with Crippen LogP contribution in [0.1, 0.15) is 15.9 Å². The zero-order chi connectivity index (χ0) is 13.9. The number of hydrogen-bond acceptors (Lipinski definition) is 4. The minimum atomic E-state index is -1.18. The molecule has 1 rings (SSSR count). The molecule has 7 nitrogen and oxygen atoms in total. The second-order valence-corrected chi connectivity index (χ2v) is 3.83. The van der Waals surface area contributed by atoms with Crippen molar-refractivity contribution in [2.45, 2.75) is 6.92 Å². The van der Waals surface area contributed by atoms with Crippen LogP contribution in [0, 0.1) is 17.0 Å². The molecule has 1 aromatic rings. The summed E-state index contributed by atoms with van der Waals surface area (Å²) in [5.74, 6) is -1.87. The van der Waals surface area contributed by atoms with E-state index >= 15 is 0 Å². The number of benzene rings is 1. The Labute approximate surface area is 103 Å². The average Bonchev–Trinajstić information content (AvgIpc) is 2.26. The van der Waals surface area contributed by atoms with E-state index < -0.39 is 23.3 Å². The predicted octanol–water partition coefficient (Wildman–Crippen LogP) is 1.06. The highest BCUT2D eigenvalue weighted by Crippen LogP contribution is 2.21. The first-order valence-electron chi connectivity index (χ1n) is 5.05. The lowest BCUT2D eigenvalue weighted by atomic mass is 10.1. The van der Waals surface area contributed by atoms with Gasteiger partial charge in [-0.15, -0.1) is 0 Å². The van der Waals surface area contributed by atoms with Crippen molar-refractivity contribution in [1.29, 1.82) is 0 Å². The topological polar surface area (TPSA) is 101 Å².